The van der Waals surface area contributed by atoms with E-state index in [9.17, 15) is 13.2 Å². The Hall–Kier alpha value is -2.09. The fourth-order valence-electron chi connectivity index (χ4n) is 3.17. The highest BCUT2D eigenvalue weighted by atomic mass is 35.5. The molecule has 146 valence electrons. The molecule has 0 aromatic heterocycles. The topological polar surface area (TPSA) is 92.5 Å². The zero-order chi connectivity index (χ0) is 18.9. The number of fused-ring (bicyclic) bond motifs is 1. The van der Waals surface area contributed by atoms with E-state index in [0.29, 0.717) is 17.8 Å². The zero-order valence-electron chi connectivity index (χ0n) is 15.3. The van der Waals surface area contributed by atoms with Crippen LogP contribution in [-0.2, 0) is 16.4 Å². The van der Waals surface area contributed by atoms with Gasteiger partial charge in [0.05, 0.1) is 4.90 Å². The van der Waals surface area contributed by atoms with Crippen molar-refractivity contribution in [1.29, 1.82) is 0 Å². The second-order valence-electron chi connectivity index (χ2n) is 6.71. The van der Waals surface area contributed by atoms with Gasteiger partial charge in [-0.15, -0.1) is 12.4 Å². The zero-order valence-corrected chi connectivity index (χ0v) is 16.9. The molecular formula is C19H24ClN3O3S. The summed E-state index contributed by atoms with van der Waals surface area (Å²) in [5.41, 5.74) is 9.01. The molecule has 2 aromatic carbocycles. The van der Waals surface area contributed by atoms with Gasteiger partial charge in [0, 0.05) is 29.5 Å². The molecule has 3 N–H and O–H groups in total. The summed E-state index contributed by atoms with van der Waals surface area (Å²) >= 11 is 0. The maximum absolute atomic E-state index is 12.9. The number of carbonyl (C=O) groups excluding carboxylic acids is 1. The molecule has 0 atom stereocenters. The van der Waals surface area contributed by atoms with Crippen molar-refractivity contribution in [3.05, 3.63) is 53.6 Å². The Bertz CT molecular complexity index is 928. The lowest BCUT2D eigenvalue weighted by Gasteiger charge is -2.30. The third kappa shape index (κ3) is 4.43. The summed E-state index contributed by atoms with van der Waals surface area (Å²) in [6.45, 7) is 4.13. The van der Waals surface area contributed by atoms with Crippen LogP contribution in [0.25, 0.3) is 0 Å². The molecule has 1 heterocycles. The molecule has 0 saturated carbocycles. The summed E-state index contributed by atoms with van der Waals surface area (Å²) in [5.74, 6) is -0.155. The molecule has 3 rings (SSSR count). The second-order valence-corrected chi connectivity index (χ2v) is 8.42. The molecule has 0 aliphatic carbocycles. The molecule has 8 heteroatoms. The maximum atomic E-state index is 12.9. The van der Waals surface area contributed by atoms with Crippen molar-refractivity contribution in [2.75, 3.05) is 17.2 Å². The first-order valence-corrected chi connectivity index (χ1v) is 10.1. The minimum absolute atomic E-state index is 0. The highest BCUT2D eigenvalue weighted by Crippen LogP contribution is 2.32. The molecule has 0 radical (unpaired) electrons. The average Bonchev–Trinajstić information content (AvgIpc) is 2.60. The van der Waals surface area contributed by atoms with Gasteiger partial charge in [0.1, 0.15) is 0 Å². The van der Waals surface area contributed by atoms with Crippen molar-refractivity contribution < 1.29 is 13.2 Å². The number of benzene rings is 2. The van der Waals surface area contributed by atoms with Crippen LogP contribution < -0.4 is 15.4 Å². The fourth-order valence-corrected chi connectivity index (χ4v) is 4.42. The summed E-state index contributed by atoms with van der Waals surface area (Å²) in [7, 11) is -3.57. The summed E-state index contributed by atoms with van der Waals surface area (Å²) in [5, 5.41) is 0. The van der Waals surface area contributed by atoms with Crippen LogP contribution in [0.4, 0.5) is 11.4 Å². The predicted octanol–water partition coefficient (Wildman–Crippen LogP) is 2.97. The number of carbonyl (C=O) groups is 1. The summed E-state index contributed by atoms with van der Waals surface area (Å²) in [4.78, 5) is 14.8. The van der Waals surface area contributed by atoms with Crippen molar-refractivity contribution >= 4 is 39.7 Å². The maximum Gasteiger partial charge on any atom is 0.258 e. The number of hydrogen-bond donors (Lipinski definition) is 2. The van der Waals surface area contributed by atoms with E-state index in [4.69, 9.17) is 5.73 Å². The van der Waals surface area contributed by atoms with E-state index in [1.165, 1.54) is 12.1 Å². The van der Waals surface area contributed by atoms with Crippen LogP contribution in [0.2, 0.25) is 0 Å². The van der Waals surface area contributed by atoms with E-state index in [1.807, 2.05) is 18.2 Å². The first-order valence-electron chi connectivity index (χ1n) is 8.61. The van der Waals surface area contributed by atoms with Crippen LogP contribution in [0, 0.1) is 0 Å². The SMILES string of the molecule is CC(C)NS(=O)(=O)c1ccc(C(=O)N2CCCc3c(N)cccc32)cc1.Cl. The number of amides is 1. The minimum atomic E-state index is -3.57. The van der Waals surface area contributed by atoms with Gasteiger partial charge in [0.2, 0.25) is 10.0 Å². The van der Waals surface area contributed by atoms with Crippen LogP contribution >= 0.6 is 12.4 Å². The first-order chi connectivity index (χ1) is 12.3. The number of anilines is 2. The molecule has 0 saturated heterocycles. The van der Waals surface area contributed by atoms with E-state index < -0.39 is 10.0 Å². The van der Waals surface area contributed by atoms with Gasteiger partial charge >= 0.3 is 0 Å². The summed E-state index contributed by atoms with van der Waals surface area (Å²) in [6.07, 6.45) is 1.70. The van der Waals surface area contributed by atoms with Crippen LogP contribution in [0.3, 0.4) is 0 Å². The summed E-state index contributed by atoms with van der Waals surface area (Å²) in [6, 6.07) is 11.4. The van der Waals surface area contributed by atoms with Crippen LogP contribution in [0.15, 0.2) is 47.4 Å². The first kappa shape index (κ1) is 21.2. The molecule has 1 amide bonds. The number of nitrogens with one attached hydrogen (secondary N) is 1. The van der Waals surface area contributed by atoms with Gasteiger partial charge in [-0.05, 0) is 68.7 Å². The van der Waals surface area contributed by atoms with E-state index >= 15 is 0 Å². The molecule has 0 fully saturated rings. The normalized spacial score (nSPS) is 13.8. The van der Waals surface area contributed by atoms with Crippen LogP contribution in [0.1, 0.15) is 36.2 Å². The lowest BCUT2D eigenvalue weighted by Crippen LogP contribution is -2.35. The van der Waals surface area contributed by atoms with Gasteiger partial charge in [-0.25, -0.2) is 13.1 Å². The van der Waals surface area contributed by atoms with Crippen molar-refractivity contribution in [1.82, 2.24) is 4.72 Å². The second kappa shape index (κ2) is 8.29. The lowest BCUT2D eigenvalue weighted by atomic mass is 9.99. The lowest BCUT2D eigenvalue weighted by molar-refractivity contribution is 0.0985. The van der Waals surface area contributed by atoms with Crippen molar-refractivity contribution in [2.24, 2.45) is 0 Å². The van der Waals surface area contributed by atoms with E-state index in [0.717, 1.165) is 24.1 Å². The molecule has 0 spiro atoms. The Morgan fingerprint density at radius 1 is 1.15 bits per heavy atom. The molecule has 0 unspecified atom stereocenters. The van der Waals surface area contributed by atoms with Gasteiger partial charge in [0.25, 0.3) is 5.91 Å². The average molecular weight is 410 g/mol. The van der Waals surface area contributed by atoms with Gasteiger partial charge in [-0.2, -0.15) is 0 Å². The molecule has 0 bridgehead atoms. The predicted molar refractivity (Wildman–Crippen MR) is 110 cm³/mol. The number of sulfonamides is 1. The van der Waals surface area contributed by atoms with E-state index in [1.54, 1.807) is 30.9 Å². The standard InChI is InChI=1S/C19H23N3O3S.ClH/c1-13(2)21-26(24,25)15-10-8-14(9-11-15)19(23)22-12-4-5-16-17(20)6-3-7-18(16)22;/h3,6-11,13,21H,4-5,12,20H2,1-2H3;1H. The Labute approximate surface area is 166 Å². The number of nitrogen functional groups attached to an aromatic ring is 1. The number of hydrogen-bond acceptors (Lipinski definition) is 4. The van der Waals surface area contributed by atoms with Crippen LogP contribution in [0.5, 0.6) is 0 Å². The third-order valence-electron chi connectivity index (χ3n) is 4.33. The third-order valence-corrected chi connectivity index (χ3v) is 6.01. The highest BCUT2D eigenvalue weighted by Gasteiger charge is 2.25. The molecule has 2 aromatic rings. The Morgan fingerprint density at radius 2 is 1.81 bits per heavy atom. The van der Waals surface area contributed by atoms with Crippen molar-refractivity contribution in [3.8, 4) is 0 Å². The largest absolute Gasteiger partial charge is 0.398 e. The monoisotopic (exact) mass is 409 g/mol. The smallest absolute Gasteiger partial charge is 0.258 e. The quantitative estimate of drug-likeness (QED) is 0.759. The van der Waals surface area contributed by atoms with Crippen molar-refractivity contribution in [3.63, 3.8) is 0 Å². The van der Waals surface area contributed by atoms with Gasteiger partial charge in [-0.3, -0.25) is 4.79 Å². The van der Waals surface area contributed by atoms with E-state index in [-0.39, 0.29) is 29.3 Å². The fraction of sp³-hybridized carbons (Fsp3) is 0.316. The molecular weight excluding hydrogens is 386 g/mol. The highest BCUT2D eigenvalue weighted by molar-refractivity contribution is 7.89. The number of nitrogens with zero attached hydrogens (tertiary/aromatic N) is 1. The Kier molecular flexibility index (Phi) is 6.51. The Morgan fingerprint density at radius 3 is 2.44 bits per heavy atom. The van der Waals surface area contributed by atoms with E-state index in [2.05, 4.69) is 4.72 Å². The molecule has 1 aliphatic rings. The van der Waals surface area contributed by atoms with Gasteiger partial charge in [-0.1, -0.05) is 6.07 Å². The van der Waals surface area contributed by atoms with Crippen LogP contribution in [-0.4, -0.2) is 26.9 Å². The molecule has 27 heavy (non-hydrogen) atoms. The molecule has 1 aliphatic heterocycles. The number of nitrogens with two attached hydrogens (primary N) is 1. The Balaban J connectivity index is 0.00000261. The van der Waals surface area contributed by atoms with Gasteiger partial charge in [0.15, 0.2) is 0 Å². The molecule has 6 nitrogen and oxygen atoms in total. The minimum Gasteiger partial charge on any atom is -0.398 e. The number of rotatable bonds is 4. The summed E-state index contributed by atoms with van der Waals surface area (Å²) < 4.78 is 26.9. The number of halogens is 1. The van der Waals surface area contributed by atoms with Crippen molar-refractivity contribution in [2.45, 2.75) is 37.6 Å². The van der Waals surface area contributed by atoms with Gasteiger partial charge < -0.3 is 10.6 Å².